The predicted molar refractivity (Wildman–Crippen MR) is 64.1 cm³/mol. The van der Waals surface area contributed by atoms with Crippen molar-refractivity contribution < 1.29 is 9.53 Å². The zero-order valence-corrected chi connectivity index (χ0v) is 10.1. The van der Waals surface area contributed by atoms with Crippen LogP contribution in [0.4, 0.5) is 5.95 Å². The zero-order chi connectivity index (χ0) is 12.1. The third-order valence-corrected chi connectivity index (χ3v) is 2.93. The molecule has 0 atom stereocenters. The molecule has 1 aromatic rings. The Balaban J connectivity index is 2.16. The van der Waals surface area contributed by atoms with E-state index < -0.39 is 5.97 Å². The summed E-state index contributed by atoms with van der Waals surface area (Å²) in [6.07, 6.45) is 6.44. The van der Waals surface area contributed by atoms with Gasteiger partial charge in [0.25, 0.3) is 0 Å². The molecule has 0 aliphatic carbocycles. The van der Waals surface area contributed by atoms with Crippen molar-refractivity contribution in [2.75, 3.05) is 25.1 Å². The van der Waals surface area contributed by atoms with Crippen LogP contribution < -0.4 is 4.90 Å². The van der Waals surface area contributed by atoms with Gasteiger partial charge in [-0.1, -0.05) is 12.8 Å². The standard InChI is InChI=1S/C12H17N3O2/c1-17-11(16)10-6-7-13-12(14-10)15-8-4-2-3-5-9-15/h6-7H,2-5,8-9H2,1H3. The van der Waals surface area contributed by atoms with Crippen LogP contribution in [0, 0.1) is 0 Å². The molecule has 1 aromatic heterocycles. The van der Waals surface area contributed by atoms with Crippen LogP contribution in [0.1, 0.15) is 36.2 Å². The number of carbonyl (C=O) groups is 1. The molecule has 17 heavy (non-hydrogen) atoms. The molecular weight excluding hydrogens is 218 g/mol. The van der Waals surface area contributed by atoms with Crippen LogP contribution in [0.25, 0.3) is 0 Å². The number of anilines is 1. The van der Waals surface area contributed by atoms with Gasteiger partial charge >= 0.3 is 5.97 Å². The molecule has 0 saturated carbocycles. The predicted octanol–water partition coefficient (Wildman–Crippen LogP) is 1.64. The third kappa shape index (κ3) is 2.93. The van der Waals surface area contributed by atoms with Crippen molar-refractivity contribution in [1.29, 1.82) is 0 Å². The fourth-order valence-electron chi connectivity index (χ4n) is 1.99. The molecule has 0 aromatic carbocycles. The quantitative estimate of drug-likeness (QED) is 0.729. The van der Waals surface area contributed by atoms with Gasteiger partial charge in [-0.25, -0.2) is 14.8 Å². The van der Waals surface area contributed by atoms with Crippen LogP contribution in [0.5, 0.6) is 0 Å². The second-order valence-corrected chi connectivity index (χ2v) is 4.13. The summed E-state index contributed by atoms with van der Waals surface area (Å²) in [5.74, 6) is 0.221. The Kier molecular flexibility index (Phi) is 3.90. The molecule has 0 spiro atoms. The smallest absolute Gasteiger partial charge is 0.356 e. The maximum Gasteiger partial charge on any atom is 0.356 e. The molecule has 5 nitrogen and oxygen atoms in total. The van der Waals surface area contributed by atoms with Crippen molar-refractivity contribution >= 4 is 11.9 Å². The fraction of sp³-hybridized carbons (Fsp3) is 0.583. The summed E-state index contributed by atoms with van der Waals surface area (Å²) in [7, 11) is 1.36. The van der Waals surface area contributed by atoms with Gasteiger partial charge in [-0.3, -0.25) is 0 Å². The number of rotatable bonds is 2. The van der Waals surface area contributed by atoms with Crippen molar-refractivity contribution in [1.82, 2.24) is 9.97 Å². The van der Waals surface area contributed by atoms with E-state index in [1.54, 1.807) is 12.3 Å². The lowest BCUT2D eigenvalue weighted by Gasteiger charge is -2.19. The molecule has 5 heteroatoms. The van der Waals surface area contributed by atoms with Crippen molar-refractivity contribution in [3.05, 3.63) is 18.0 Å². The van der Waals surface area contributed by atoms with Crippen molar-refractivity contribution in [2.45, 2.75) is 25.7 Å². The SMILES string of the molecule is COC(=O)c1ccnc(N2CCCCCC2)n1. The van der Waals surface area contributed by atoms with E-state index >= 15 is 0 Å². The van der Waals surface area contributed by atoms with E-state index in [-0.39, 0.29) is 0 Å². The van der Waals surface area contributed by atoms with Crippen LogP contribution in [-0.4, -0.2) is 36.1 Å². The zero-order valence-electron chi connectivity index (χ0n) is 10.1. The van der Waals surface area contributed by atoms with E-state index in [9.17, 15) is 4.79 Å². The Morgan fingerprint density at radius 1 is 1.29 bits per heavy atom. The van der Waals surface area contributed by atoms with E-state index in [0.717, 1.165) is 25.9 Å². The first-order chi connectivity index (χ1) is 8.31. The van der Waals surface area contributed by atoms with Crippen LogP contribution in [0.3, 0.4) is 0 Å². The number of aromatic nitrogens is 2. The minimum Gasteiger partial charge on any atom is -0.464 e. The highest BCUT2D eigenvalue weighted by molar-refractivity contribution is 5.87. The van der Waals surface area contributed by atoms with Gasteiger partial charge in [-0.05, 0) is 18.9 Å². The van der Waals surface area contributed by atoms with Crippen LogP contribution in [0.2, 0.25) is 0 Å². The molecule has 1 aliphatic rings. The summed E-state index contributed by atoms with van der Waals surface area (Å²) >= 11 is 0. The van der Waals surface area contributed by atoms with E-state index in [4.69, 9.17) is 0 Å². The summed E-state index contributed by atoms with van der Waals surface area (Å²) in [5.41, 5.74) is 0.321. The first-order valence-electron chi connectivity index (χ1n) is 5.97. The number of carbonyl (C=O) groups excluding carboxylic acids is 1. The molecule has 0 radical (unpaired) electrons. The Hall–Kier alpha value is -1.65. The Morgan fingerprint density at radius 3 is 2.65 bits per heavy atom. The molecule has 0 amide bonds. The molecule has 92 valence electrons. The van der Waals surface area contributed by atoms with Crippen molar-refractivity contribution in [2.24, 2.45) is 0 Å². The van der Waals surface area contributed by atoms with Gasteiger partial charge in [0.1, 0.15) is 0 Å². The van der Waals surface area contributed by atoms with Gasteiger partial charge in [0, 0.05) is 19.3 Å². The molecule has 1 fully saturated rings. The fourth-order valence-corrected chi connectivity index (χ4v) is 1.99. The summed E-state index contributed by atoms with van der Waals surface area (Å²) < 4.78 is 4.66. The van der Waals surface area contributed by atoms with Crippen molar-refractivity contribution in [3.63, 3.8) is 0 Å². The number of hydrogen-bond donors (Lipinski definition) is 0. The average molecular weight is 235 g/mol. The Bertz CT molecular complexity index is 387. The highest BCUT2D eigenvalue weighted by Gasteiger charge is 2.15. The highest BCUT2D eigenvalue weighted by Crippen LogP contribution is 2.15. The van der Waals surface area contributed by atoms with Gasteiger partial charge in [0.05, 0.1) is 7.11 Å². The first kappa shape index (κ1) is 11.8. The monoisotopic (exact) mass is 235 g/mol. The highest BCUT2D eigenvalue weighted by atomic mass is 16.5. The first-order valence-corrected chi connectivity index (χ1v) is 5.97. The number of methoxy groups -OCH3 is 1. The second kappa shape index (κ2) is 5.61. The number of nitrogens with zero attached hydrogens (tertiary/aromatic N) is 3. The Labute approximate surface area is 101 Å². The number of esters is 1. The van der Waals surface area contributed by atoms with E-state index in [0.29, 0.717) is 11.6 Å². The topological polar surface area (TPSA) is 55.3 Å². The minimum atomic E-state index is -0.413. The molecule has 1 saturated heterocycles. The second-order valence-electron chi connectivity index (χ2n) is 4.13. The molecule has 0 N–H and O–H groups in total. The van der Waals surface area contributed by atoms with E-state index in [1.165, 1.54) is 20.0 Å². The maximum absolute atomic E-state index is 11.4. The summed E-state index contributed by atoms with van der Waals surface area (Å²) in [4.78, 5) is 22.0. The van der Waals surface area contributed by atoms with E-state index in [1.807, 2.05) is 0 Å². The molecule has 1 aliphatic heterocycles. The molecule has 0 bridgehead atoms. The molecule has 0 unspecified atom stereocenters. The summed E-state index contributed by atoms with van der Waals surface area (Å²) in [5, 5.41) is 0. The lowest BCUT2D eigenvalue weighted by atomic mass is 10.2. The van der Waals surface area contributed by atoms with Crippen LogP contribution >= 0.6 is 0 Å². The van der Waals surface area contributed by atoms with Gasteiger partial charge in [-0.2, -0.15) is 0 Å². The van der Waals surface area contributed by atoms with Gasteiger partial charge in [0.15, 0.2) is 5.69 Å². The van der Waals surface area contributed by atoms with Gasteiger partial charge in [-0.15, -0.1) is 0 Å². The summed E-state index contributed by atoms with van der Waals surface area (Å²) in [6.45, 7) is 1.93. The normalized spacial score (nSPS) is 16.4. The number of hydrogen-bond acceptors (Lipinski definition) is 5. The average Bonchev–Trinajstić information content (AvgIpc) is 2.67. The Morgan fingerprint density at radius 2 is 2.00 bits per heavy atom. The minimum absolute atomic E-state index is 0.321. The van der Waals surface area contributed by atoms with Crippen LogP contribution in [-0.2, 0) is 4.74 Å². The van der Waals surface area contributed by atoms with Gasteiger partial charge < -0.3 is 9.64 Å². The summed E-state index contributed by atoms with van der Waals surface area (Å²) in [6, 6.07) is 1.58. The largest absolute Gasteiger partial charge is 0.464 e. The third-order valence-electron chi connectivity index (χ3n) is 2.93. The van der Waals surface area contributed by atoms with Crippen LogP contribution in [0.15, 0.2) is 12.3 Å². The van der Waals surface area contributed by atoms with E-state index in [2.05, 4.69) is 19.6 Å². The lowest BCUT2D eigenvalue weighted by Crippen LogP contribution is -2.26. The molecular formula is C12H17N3O2. The van der Waals surface area contributed by atoms with Gasteiger partial charge in [0.2, 0.25) is 5.95 Å². The van der Waals surface area contributed by atoms with Crippen molar-refractivity contribution in [3.8, 4) is 0 Å². The maximum atomic E-state index is 11.4. The molecule has 2 rings (SSSR count). The molecule has 2 heterocycles. The lowest BCUT2D eigenvalue weighted by molar-refractivity contribution is 0.0594. The number of ether oxygens (including phenoxy) is 1.